The average molecular weight is 326 g/mol. The van der Waals surface area contributed by atoms with E-state index < -0.39 is 0 Å². The van der Waals surface area contributed by atoms with E-state index in [0.717, 1.165) is 37.6 Å². The second-order valence-corrected chi connectivity index (χ2v) is 4.75. The van der Waals surface area contributed by atoms with Gasteiger partial charge in [0, 0.05) is 25.5 Å². The number of hydrogen-bond acceptors (Lipinski definition) is 4. The van der Waals surface area contributed by atoms with Crippen molar-refractivity contribution in [3.05, 3.63) is 42.5 Å². The summed E-state index contributed by atoms with van der Waals surface area (Å²) in [7, 11) is 1.66. The van der Waals surface area contributed by atoms with Gasteiger partial charge in [-0.05, 0) is 37.6 Å². The van der Waals surface area contributed by atoms with Gasteiger partial charge < -0.3 is 19.4 Å². The first kappa shape index (κ1) is 18.3. The standard InChI is InChI=1S/C16H23N3O2.ClH/c1-3-21-16-11-14(5-6-15(16)20-2)12-17-7-4-9-19-10-8-18-13-19;/h5-6,8,10-11,13,17H,3-4,7,9,12H2,1-2H3;1H. The predicted octanol–water partition coefficient (Wildman–Crippen LogP) is 2.89. The Hall–Kier alpha value is -1.72. The third-order valence-electron chi connectivity index (χ3n) is 3.19. The molecule has 0 radical (unpaired) electrons. The molecule has 0 spiro atoms. The van der Waals surface area contributed by atoms with Gasteiger partial charge in [0.05, 0.1) is 20.0 Å². The molecule has 1 aromatic carbocycles. The van der Waals surface area contributed by atoms with Crippen LogP contribution in [0.25, 0.3) is 0 Å². The Morgan fingerprint density at radius 2 is 2.14 bits per heavy atom. The molecule has 1 aromatic heterocycles. The zero-order chi connectivity index (χ0) is 14.9. The number of methoxy groups -OCH3 is 1. The van der Waals surface area contributed by atoms with E-state index in [4.69, 9.17) is 9.47 Å². The number of imidazole rings is 1. The van der Waals surface area contributed by atoms with Gasteiger partial charge in [0.1, 0.15) is 0 Å². The molecule has 0 fully saturated rings. The van der Waals surface area contributed by atoms with Gasteiger partial charge >= 0.3 is 0 Å². The zero-order valence-corrected chi connectivity index (χ0v) is 13.9. The van der Waals surface area contributed by atoms with E-state index in [-0.39, 0.29) is 12.4 Å². The highest BCUT2D eigenvalue weighted by atomic mass is 35.5. The molecular formula is C16H24ClN3O2. The molecule has 0 amide bonds. The summed E-state index contributed by atoms with van der Waals surface area (Å²) >= 11 is 0. The van der Waals surface area contributed by atoms with Crippen LogP contribution in [-0.2, 0) is 13.1 Å². The molecule has 0 aliphatic carbocycles. The van der Waals surface area contributed by atoms with Crippen molar-refractivity contribution in [2.75, 3.05) is 20.3 Å². The fraction of sp³-hybridized carbons (Fsp3) is 0.438. The van der Waals surface area contributed by atoms with E-state index in [9.17, 15) is 0 Å². The molecule has 0 unspecified atom stereocenters. The highest BCUT2D eigenvalue weighted by molar-refractivity contribution is 5.85. The van der Waals surface area contributed by atoms with Gasteiger partial charge in [-0.2, -0.15) is 0 Å². The molecule has 1 heterocycles. The summed E-state index contributed by atoms with van der Waals surface area (Å²) < 4.78 is 13.0. The fourth-order valence-corrected chi connectivity index (χ4v) is 2.14. The summed E-state index contributed by atoms with van der Waals surface area (Å²) in [5.74, 6) is 1.58. The van der Waals surface area contributed by atoms with Crippen molar-refractivity contribution >= 4 is 12.4 Å². The molecule has 0 bridgehead atoms. The molecule has 0 saturated carbocycles. The highest BCUT2D eigenvalue weighted by Gasteiger charge is 2.04. The summed E-state index contributed by atoms with van der Waals surface area (Å²) in [6.07, 6.45) is 6.71. The SMILES string of the molecule is CCOc1cc(CNCCCn2ccnc2)ccc1OC.Cl. The Morgan fingerprint density at radius 3 is 2.82 bits per heavy atom. The second-order valence-electron chi connectivity index (χ2n) is 4.75. The summed E-state index contributed by atoms with van der Waals surface area (Å²) in [6.45, 7) is 5.39. The Labute approximate surface area is 138 Å². The molecule has 0 aliphatic heterocycles. The minimum Gasteiger partial charge on any atom is -0.493 e. The third kappa shape index (κ3) is 5.58. The lowest BCUT2D eigenvalue weighted by Crippen LogP contribution is -2.16. The molecule has 6 heteroatoms. The lowest BCUT2D eigenvalue weighted by atomic mass is 10.2. The highest BCUT2D eigenvalue weighted by Crippen LogP contribution is 2.27. The predicted molar refractivity (Wildman–Crippen MR) is 90.0 cm³/mol. The van der Waals surface area contributed by atoms with E-state index >= 15 is 0 Å². The molecular weight excluding hydrogens is 302 g/mol. The molecule has 0 saturated heterocycles. The Morgan fingerprint density at radius 1 is 1.27 bits per heavy atom. The van der Waals surface area contributed by atoms with Gasteiger partial charge in [0.25, 0.3) is 0 Å². The number of nitrogens with one attached hydrogen (secondary N) is 1. The first-order chi connectivity index (χ1) is 10.3. The van der Waals surface area contributed by atoms with Crippen LogP contribution in [0.2, 0.25) is 0 Å². The van der Waals surface area contributed by atoms with E-state index in [1.165, 1.54) is 5.56 Å². The zero-order valence-electron chi connectivity index (χ0n) is 13.1. The number of aryl methyl sites for hydroxylation is 1. The van der Waals surface area contributed by atoms with E-state index in [1.54, 1.807) is 13.3 Å². The molecule has 2 aromatic rings. The molecule has 5 nitrogen and oxygen atoms in total. The van der Waals surface area contributed by atoms with Crippen molar-refractivity contribution in [3.8, 4) is 11.5 Å². The Bertz CT molecular complexity index is 532. The maximum absolute atomic E-state index is 5.58. The molecule has 0 aliphatic rings. The van der Waals surface area contributed by atoms with Gasteiger partial charge in [-0.15, -0.1) is 12.4 Å². The quantitative estimate of drug-likeness (QED) is 0.720. The summed E-state index contributed by atoms with van der Waals surface area (Å²) in [6, 6.07) is 6.04. The van der Waals surface area contributed by atoms with Crippen LogP contribution >= 0.6 is 12.4 Å². The van der Waals surface area contributed by atoms with Gasteiger partial charge in [0.15, 0.2) is 11.5 Å². The van der Waals surface area contributed by atoms with Crippen LogP contribution in [0, 0.1) is 0 Å². The van der Waals surface area contributed by atoms with E-state index in [0.29, 0.717) is 6.61 Å². The van der Waals surface area contributed by atoms with Crippen LogP contribution in [-0.4, -0.2) is 29.8 Å². The lowest BCUT2D eigenvalue weighted by molar-refractivity contribution is 0.310. The monoisotopic (exact) mass is 325 g/mol. The van der Waals surface area contributed by atoms with Crippen molar-refractivity contribution < 1.29 is 9.47 Å². The maximum Gasteiger partial charge on any atom is 0.161 e. The van der Waals surface area contributed by atoms with E-state index in [1.807, 2.05) is 31.6 Å². The average Bonchev–Trinajstić information content (AvgIpc) is 3.01. The minimum atomic E-state index is 0. The van der Waals surface area contributed by atoms with Gasteiger partial charge in [-0.3, -0.25) is 0 Å². The summed E-state index contributed by atoms with van der Waals surface area (Å²) in [5.41, 5.74) is 1.20. The van der Waals surface area contributed by atoms with Crippen LogP contribution in [0.3, 0.4) is 0 Å². The minimum absolute atomic E-state index is 0. The number of hydrogen-bond donors (Lipinski definition) is 1. The van der Waals surface area contributed by atoms with Crippen molar-refractivity contribution in [1.29, 1.82) is 0 Å². The molecule has 0 atom stereocenters. The maximum atomic E-state index is 5.58. The Balaban J connectivity index is 0.00000242. The van der Waals surface area contributed by atoms with Crippen LogP contribution < -0.4 is 14.8 Å². The second kappa shape index (κ2) is 10.1. The number of halogens is 1. The van der Waals surface area contributed by atoms with E-state index in [2.05, 4.69) is 20.9 Å². The van der Waals surface area contributed by atoms with Crippen LogP contribution in [0.4, 0.5) is 0 Å². The van der Waals surface area contributed by atoms with Crippen LogP contribution in [0.1, 0.15) is 18.9 Å². The molecule has 1 N–H and O–H groups in total. The topological polar surface area (TPSA) is 48.3 Å². The molecule has 22 heavy (non-hydrogen) atoms. The van der Waals surface area contributed by atoms with Crippen LogP contribution in [0.5, 0.6) is 11.5 Å². The van der Waals surface area contributed by atoms with Crippen molar-refractivity contribution in [2.24, 2.45) is 0 Å². The first-order valence-electron chi connectivity index (χ1n) is 7.29. The number of rotatable bonds is 9. The number of nitrogens with zero attached hydrogens (tertiary/aromatic N) is 2. The smallest absolute Gasteiger partial charge is 0.161 e. The van der Waals surface area contributed by atoms with Gasteiger partial charge in [-0.1, -0.05) is 6.07 Å². The summed E-state index contributed by atoms with van der Waals surface area (Å²) in [5, 5.41) is 3.44. The number of ether oxygens (including phenoxy) is 2. The number of benzene rings is 1. The molecule has 2 rings (SSSR count). The van der Waals surface area contributed by atoms with Gasteiger partial charge in [0.2, 0.25) is 0 Å². The third-order valence-corrected chi connectivity index (χ3v) is 3.19. The van der Waals surface area contributed by atoms with Crippen molar-refractivity contribution in [2.45, 2.75) is 26.4 Å². The lowest BCUT2D eigenvalue weighted by Gasteiger charge is -2.11. The first-order valence-corrected chi connectivity index (χ1v) is 7.29. The van der Waals surface area contributed by atoms with Gasteiger partial charge in [-0.25, -0.2) is 4.98 Å². The normalized spacial score (nSPS) is 10.1. The number of aromatic nitrogens is 2. The summed E-state index contributed by atoms with van der Waals surface area (Å²) in [4.78, 5) is 4.03. The largest absolute Gasteiger partial charge is 0.493 e. The fourth-order valence-electron chi connectivity index (χ4n) is 2.14. The van der Waals surface area contributed by atoms with Crippen LogP contribution in [0.15, 0.2) is 36.9 Å². The van der Waals surface area contributed by atoms with Crippen molar-refractivity contribution in [1.82, 2.24) is 14.9 Å². The molecule has 122 valence electrons. The Kier molecular flexibility index (Phi) is 8.40. The van der Waals surface area contributed by atoms with Crippen molar-refractivity contribution in [3.63, 3.8) is 0 Å².